The number of aryl methyl sites for hydroxylation is 2. The zero-order valence-electron chi connectivity index (χ0n) is 39.8. The monoisotopic (exact) mass is 971 g/mol. The molecule has 0 unspecified atom stereocenters. The van der Waals surface area contributed by atoms with Crippen LogP contribution < -0.4 is 0 Å². The van der Waals surface area contributed by atoms with Crippen LogP contribution in [0.2, 0.25) is 0 Å². The summed E-state index contributed by atoms with van der Waals surface area (Å²) in [6, 6.07) is 45.9. The summed E-state index contributed by atoms with van der Waals surface area (Å²) in [5, 5.41) is 12.0. The van der Waals surface area contributed by atoms with E-state index in [1.54, 1.807) is 18.3 Å². The molecule has 0 saturated carbocycles. The molecular weight excluding hydrogens is 914 g/mol. The number of phenols is 1. The summed E-state index contributed by atoms with van der Waals surface area (Å²) in [6.07, 6.45) is 1.78. The number of imidazole rings is 1. The van der Waals surface area contributed by atoms with Crippen LogP contribution >= 0.6 is 0 Å². The van der Waals surface area contributed by atoms with Gasteiger partial charge in [0.2, 0.25) is 0 Å². The molecule has 8 rings (SSSR count). The van der Waals surface area contributed by atoms with Crippen molar-refractivity contribution in [2.24, 2.45) is 0 Å². The summed E-state index contributed by atoms with van der Waals surface area (Å²) in [4.78, 5) is 10.4. The third-order valence-corrected chi connectivity index (χ3v) is 11.3. The first-order valence-electron chi connectivity index (χ1n) is 22.3. The summed E-state index contributed by atoms with van der Waals surface area (Å²) in [6.45, 7) is 16.7. The predicted octanol–water partition coefficient (Wildman–Crippen LogP) is 14.6. The Balaban J connectivity index is 0.00000612. The predicted molar refractivity (Wildman–Crippen MR) is 248 cm³/mol. The number of hydrogen-bond acceptors (Lipinski definition) is 3. The first-order valence-corrected chi connectivity index (χ1v) is 20.3. The molecule has 0 radical (unpaired) electrons. The Morgan fingerprint density at radius 3 is 2.07 bits per heavy atom. The minimum atomic E-state index is -2.18. The van der Waals surface area contributed by atoms with Gasteiger partial charge in [0.25, 0.3) is 0 Å². The first kappa shape index (κ1) is 37.4. The second kappa shape index (κ2) is 16.5. The molecule has 0 aliphatic carbocycles. The largest absolute Gasteiger partial charge is 0.507 e. The van der Waals surface area contributed by atoms with Crippen molar-refractivity contribution in [2.75, 3.05) is 0 Å². The van der Waals surface area contributed by atoms with Gasteiger partial charge in [-0.1, -0.05) is 157 Å². The van der Waals surface area contributed by atoms with Crippen LogP contribution in [0.25, 0.3) is 72.7 Å². The van der Waals surface area contributed by atoms with Crippen LogP contribution in [0.5, 0.6) is 5.75 Å². The number of fused-ring (bicyclic) bond motifs is 1. The Bertz CT molecular complexity index is 3010. The maximum Gasteiger partial charge on any atom is 0.148 e. The molecule has 0 atom stereocenters. The van der Waals surface area contributed by atoms with Crippen LogP contribution in [0.4, 0.5) is 0 Å². The molecule has 8 aromatic rings. The molecule has 5 heteroatoms. The summed E-state index contributed by atoms with van der Waals surface area (Å²) >= 11 is 0. The zero-order chi connectivity index (χ0) is 45.2. The van der Waals surface area contributed by atoms with E-state index < -0.39 is 12.7 Å². The van der Waals surface area contributed by atoms with Crippen LogP contribution in [0, 0.1) is 19.8 Å². The standard InChI is InChI=1S/C55H54N3O.Pt/c1-34(2)39-23-24-49(46(31-39)38-15-12-11-13-16-38)58-50-18-14-17-45(51(50)57-53(58)47-33-43(54(5,6)7)27-36(4)52(47)59)41-28-42(30-44(29-41)55(8,9)10)48-32-40(25-26-56-48)37-21-19-35(3)20-22-37;/h11-27,29-34,59H,1-10H3;/q-1;/i3D3,34D;. The Kier molecular flexibility index (Phi) is 10.3. The van der Waals surface area contributed by atoms with Gasteiger partial charge in [-0.2, -0.15) is 0 Å². The molecule has 2 heterocycles. The summed E-state index contributed by atoms with van der Waals surface area (Å²) < 4.78 is 34.6. The van der Waals surface area contributed by atoms with Crippen molar-refractivity contribution in [1.29, 1.82) is 0 Å². The first-order chi connectivity index (χ1) is 29.6. The Hall–Kier alpha value is -5.57. The van der Waals surface area contributed by atoms with Crippen molar-refractivity contribution in [1.82, 2.24) is 14.5 Å². The van der Waals surface area contributed by atoms with Gasteiger partial charge in [-0.25, -0.2) is 4.98 Å². The van der Waals surface area contributed by atoms with Crippen molar-refractivity contribution < 1.29 is 31.7 Å². The van der Waals surface area contributed by atoms with Gasteiger partial charge in [-0.3, -0.25) is 9.55 Å². The fraction of sp³-hybridized carbons (Fsp3) is 0.236. The molecular formula is C55H54N3OPt-. The minimum absolute atomic E-state index is 0. The Morgan fingerprint density at radius 2 is 1.38 bits per heavy atom. The Morgan fingerprint density at radius 1 is 0.683 bits per heavy atom. The number of hydrogen-bond donors (Lipinski definition) is 1. The van der Waals surface area contributed by atoms with E-state index in [0.717, 1.165) is 83.6 Å². The topological polar surface area (TPSA) is 50.9 Å². The van der Waals surface area contributed by atoms with Crippen molar-refractivity contribution >= 4 is 11.0 Å². The molecule has 0 spiro atoms. The summed E-state index contributed by atoms with van der Waals surface area (Å²) in [5.41, 5.74) is 13.9. The maximum atomic E-state index is 12.0. The van der Waals surface area contributed by atoms with Crippen LogP contribution in [0.15, 0.2) is 134 Å². The van der Waals surface area contributed by atoms with Gasteiger partial charge in [0.15, 0.2) is 0 Å². The van der Waals surface area contributed by atoms with E-state index in [-0.39, 0.29) is 37.6 Å². The maximum absolute atomic E-state index is 12.0. The molecule has 0 amide bonds. The van der Waals surface area contributed by atoms with Gasteiger partial charge < -0.3 is 5.11 Å². The quantitative estimate of drug-likeness (QED) is 0.162. The van der Waals surface area contributed by atoms with Crippen molar-refractivity contribution in [3.8, 4) is 67.5 Å². The average Bonchev–Trinajstić information content (AvgIpc) is 3.62. The molecule has 4 nitrogen and oxygen atoms in total. The number of aromatic nitrogens is 3. The van der Waals surface area contributed by atoms with E-state index in [1.165, 1.54) is 0 Å². The van der Waals surface area contributed by atoms with Crippen LogP contribution in [-0.2, 0) is 31.9 Å². The van der Waals surface area contributed by atoms with Gasteiger partial charge in [0, 0.05) is 44.0 Å². The molecule has 0 aliphatic heterocycles. The van der Waals surface area contributed by atoms with E-state index in [4.69, 9.17) is 15.5 Å². The third kappa shape index (κ3) is 8.28. The molecule has 0 saturated heterocycles. The van der Waals surface area contributed by atoms with Crippen molar-refractivity contribution in [2.45, 2.75) is 85.9 Å². The summed E-state index contributed by atoms with van der Waals surface area (Å²) in [5.74, 6) is -0.0605. The molecule has 1 N–H and O–H groups in total. The Labute approximate surface area is 376 Å². The average molecular weight is 972 g/mol. The van der Waals surface area contributed by atoms with Gasteiger partial charge in [-0.15, -0.1) is 29.3 Å². The second-order valence-corrected chi connectivity index (χ2v) is 17.9. The molecule has 0 fully saturated rings. The number of nitrogens with zero attached hydrogens (tertiary/aromatic N) is 3. The number of benzene rings is 6. The number of pyridine rings is 1. The third-order valence-electron chi connectivity index (χ3n) is 11.3. The molecule has 6 aromatic carbocycles. The molecule has 306 valence electrons. The molecule has 0 bridgehead atoms. The van der Waals surface area contributed by atoms with Gasteiger partial charge >= 0.3 is 0 Å². The number of rotatable bonds is 7. The normalized spacial score (nSPS) is 13.3. The van der Waals surface area contributed by atoms with E-state index in [1.807, 2.05) is 69.3 Å². The molecule has 60 heavy (non-hydrogen) atoms. The van der Waals surface area contributed by atoms with Crippen molar-refractivity contribution in [3.63, 3.8) is 0 Å². The van der Waals surface area contributed by atoms with E-state index in [0.29, 0.717) is 17.0 Å². The minimum Gasteiger partial charge on any atom is -0.507 e. The number of aromatic hydroxyl groups is 1. The van der Waals surface area contributed by atoms with Crippen LogP contribution in [0.1, 0.15) is 94.6 Å². The van der Waals surface area contributed by atoms with Crippen LogP contribution in [0.3, 0.4) is 0 Å². The van der Waals surface area contributed by atoms with Gasteiger partial charge in [-0.05, 0) is 94.2 Å². The van der Waals surface area contributed by atoms with E-state index >= 15 is 0 Å². The fourth-order valence-electron chi connectivity index (χ4n) is 7.72. The van der Waals surface area contributed by atoms with E-state index in [2.05, 4.69) is 119 Å². The van der Waals surface area contributed by atoms with Gasteiger partial charge in [0.05, 0.1) is 22.3 Å². The van der Waals surface area contributed by atoms with Gasteiger partial charge in [0.1, 0.15) is 11.6 Å². The molecule has 0 aliphatic rings. The van der Waals surface area contributed by atoms with E-state index in [9.17, 15) is 5.11 Å². The number of phenolic OH excluding ortho intramolecular Hbond substituents is 1. The molecule has 2 aromatic heterocycles. The van der Waals surface area contributed by atoms with Crippen LogP contribution in [-0.4, -0.2) is 19.6 Å². The van der Waals surface area contributed by atoms with Crippen molar-refractivity contribution in [3.05, 3.63) is 167 Å². The summed E-state index contributed by atoms with van der Waals surface area (Å²) in [7, 11) is 0. The SMILES string of the molecule is [2H]C([2H])([2H])c1ccc(-c2ccnc(-c3[c-]c(-c4cccc5c4nc(-c4cc(C(C)(C)C)cc(C)c4O)n5-c4ccc(C([2H])(C)C)cc4-c4ccccc4)cc(C(C)(C)C)c3)c2)cc1.[Pt]. The smallest absolute Gasteiger partial charge is 0.148 e. The fourth-order valence-corrected chi connectivity index (χ4v) is 7.72. The second-order valence-electron chi connectivity index (χ2n) is 17.9. The number of para-hydroxylation sites is 1. The zero-order valence-corrected chi connectivity index (χ0v) is 38.1.